The molecule has 0 saturated carbocycles. The van der Waals surface area contributed by atoms with E-state index in [1.165, 1.54) is 12.8 Å². The van der Waals surface area contributed by atoms with Gasteiger partial charge >= 0.3 is 0 Å². The summed E-state index contributed by atoms with van der Waals surface area (Å²) in [6.45, 7) is 4.48. The molecule has 6 nitrogen and oxygen atoms in total. The molecule has 1 atom stereocenters. The fourth-order valence-electron chi connectivity index (χ4n) is 2.76. The molecule has 0 aliphatic carbocycles. The summed E-state index contributed by atoms with van der Waals surface area (Å²) in [7, 11) is 0. The maximum Gasteiger partial charge on any atom is 0.232 e. The average molecular weight is 286 g/mol. The van der Waals surface area contributed by atoms with Gasteiger partial charge in [-0.05, 0) is 38.1 Å². The molecule has 0 spiro atoms. The number of nitriles is 1. The lowest BCUT2D eigenvalue weighted by Gasteiger charge is -2.25. The van der Waals surface area contributed by atoms with E-state index in [1.54, 1.807) is 13.2 Å². The van der Waals surface area contributed by atoms with E-state index < -0.39 is 0 Å². The Hall–Kier alpha value is -2.26. The van der Waals surface area contributed by atoms with Crippen LogP contribution >= 0.6 is 0 Å². The molecule has 6 heteroatoms. The fraction of sp³-hybridized carbons (Fsp3) is 0.467. The molecule has 3 heterocycles. The van der Waals surface area contributed by atoms with Crippen LogP contribution in [0.4, 0.5) is 5.88 Å². The SMILES string of the molecule is Cc1nc(C#N)c(NC[C@H](c2ccco2)N2CCCC2)o1. The van der Waals surface area contributed by atoms with E-state index >= 15 is 0 Å². The Morgan fingerprint density at radius 1 is 1.48 bits per heavy atom. The molecular formula is C15H18N4O2. The van der Waals surface area contributed by atoms with Crippen molar-refractivity contribution in [2.75, 3.05) is 25.0 Å². The number of likely N-dealkylation sites (tertiary alicyclic amines) is 1. The summed E-state index contributed by atoms with van der Waals surface area (Å²) in [5.41, 5.74) is 0.298. The predicted octanol–water partition coefficient (Wildman–Crippen LogP) is 2.70. The highest BCUT2D eigenvalue weighted by atomic mass is 16.4. The summed E-state index contributed by atoms with van der Waals surface area (Å²) >= 11 is 0. The first-order valence-corrected chi connectivity index (χ1v) is 7.17. The second kappa shape index (κ2) is 6.02. The smallest absolute Gasteiger partial charge is 0.232 e. The first-order valence-electron chi connectivity index (χ1n) is 7.17. The third-order valence-corrected chi connectivity index (χ3v) is 3.75. The molecule has 3 rings (SSSR count). The van der Waals surface area contributed by atoms with E-state index in [4.69, 9.17) is 14.1 Å². The monoisotopic (exact) mass is 286 g/mol. The van der Waals surface area contributed by atoms with Crippen LogP contribution in [-0.2, 0) is 0 Å². The van der Waals surface area contributed by atoms with Crippen molar-refractivity contribution in [3.8, 4) is 6.07 Å². The molecular weight excluding hydrogens is 268 g/mol. The van der Waals surface area contributed by atoms with Gasteiger partial charge in [0.1, 0.15) is 11.8 Å². The Morgan fingerprint density at radius 2 is 2.29 bits per heavy atom. The number of furan rings is 1. The van der Waals surface area contributed by atoms with Crippen molar-refractivity contribution in [3.05, 3.63) is 35.7 Å². The molecule has 0 aromatic carbocycles. The zero-order valence-electron chi connectivity index (χ0n) is 12.0. The maximum absolute atomic E-state index is 9.05. The van der Waals surface area contributed by atoms with Gasteiger partial charge < -0.3 is 14.2 Å². The second-order valence-corrected chi connectivity index (χ2v) is 5.18. The van der Waals surface area contributed by atoms with Crippen molar-refractivity contribution in [3.63, 3.8) is 0 Å². The van der Waals surface area contributed by atoms with Gasteiger partial charge in [0, 0.05) is 13.5 Å². The standard InChI is InChI=1S/C15H18N4O2/c1-11-18-12(9-16)15(21-11)17-10-13(14-5-4-8-20-14)19-6-2-3-7-19/h4-5,8,13,17H,2-3,6-7,10H2,1H3/t13-/m1/s1. The van der Waals surface area contributed by atoms with Gasteiger partial charge in [-0.25, -0.2) is 4.98 Å². The Kier molecular flexibility index (Phi) is 3.93. The number of hydrogen-bond donors (Lipinski definition) is 1. The molecule has 1 N–H and O–H groups in total. The van der Waals surface area contributed by atoms with Crippen LogP contribution < -0.4 is 5.32 Å². The third kappa shape index (κ3) is 2.93. The highest BCUT2D eigenvalue weighted by molar-refractivity contribution is 5.45. The Bertz CT molecular complexity index is 621. The van der Waals surface area contributed by atoms with Gasteiger partial charge in [-0.15, -0.1) is 0 Å². The predicted molar refractivity (Wildman–Crippen MR) is 76.7 cm³/mol. The molecule has 0 bridgehead atoms. The van der Waals surface area contributed by atoms with E-state index in [9.17, 15) is 0 Å². The lowest BCUT2D eigenvalue weighted by molar-refractivity contribution is 0.224. The molecule has 0 radical (unpaired) electrons. The molecule has 0 amide bonds. The quantitative estimate of drug-likeness (QED) is 0.910. The summed E-state index contributed by atoms with van der Waals surface area (Å²) < 4.78 is 11.0. The minimum Gasteiger partial charge on any atom is -0.468 e. The lowest BCUT2D eigenvalue weighted by Crippen LogP contribution is -2.30. The molecule has 110 valence electrons. The van der Waals surface area contributed by atoms with Crippen molar-refractivity contribution < 1.29 is 8.83 Å². The number of nitrogens with one attached hydrogen (secondary N) is 1. The number of oxazole rings is 1. The van der Waals surface area contributed by atoms with Crippen LogP contribution in [-0.4, -0.2) is 29.5 Å². The van der Waals surface area contributed by atoms with Gasteiger partial charge in [0.15, 0.2) is 5.89 Å². The summed E-state index contributed by atoms with van der Waals surface area (Å²) in [6, 6.07) is 6.07. The topological polar surface area (TPSA) is 78.2 Å². The normalized spacial score (nSPS) is 16.8. The fourth-order valence-corrected chi connectivity index (χ4v) is 2.76. The number of aromatic nitrogens is 1. The summed E-state index contributed by atoms with van der Waals surface area (Å²) in [6.07, 6.45) is 4.11. The van der Waals surface area contributed by atoms with E-state index in [2.05, 4.69) is 15.2 Å². The number of rotatable bonds is 5. The molecule has 21 heavy (non-hydrogen) atoms. The molecule has 0 unspecified atom stereocenters. The van der Waals surface area contributed by atoms with E-state index in [0.717, 1.165) is 18.8 Å². The third-order valence-electron chi connectivity index (χ3n) is 3.75. The van der Waals surface area contributed by atoms with E-state index in [0.29, 0.717) is 24.0 Å². The van der Waals surface area contributed by atoms with E-state index in [-0.39, 0.29) is 6.04 Å². The summed E-state index contributed by atoms with van der Waals surface area (Å²) in [5.74, 6) is 1.86. The van der Waals surface area contributed by atoms with Gasteiger partial charge in [0.05, 0.1) is 12.3 Å². The second-order valence-electron chi connectivity index (χ2n) is 5.18. The molecule has 2 aromatic heterocycles. The Labute approximate surface area is 123 Å². The first kappa shape index (κ1) is 13.7. The highest BCUT2D eigenvalue weighted by Gasteiger charge is 2.26. The average Bonchev–Trinajstić information content (AvgIpc) is 3.20. The summed E-state index contributed by atoms with van der Waals surface area (Å²) in [5, 5.41) is 12.2. The van der Waals surface area contributed by atoms with Crippen LogP contribution in [0.3, 0.4) is 0 Å². The highest BCUT2D eigenvalue weighted by Crippen LogP contribution is 2.26. The van der Waals surface area contributed by atoms with Gasteiger partial charge in [0.2, 0.25) is 11.6 Å². The van der Waals surface area contributed by atoms with Crippen LogP contribution in [0.5, 0.6) is 0 Å². The minimum atomic E-state index is 0.138. The van der Waals surface area contributed by atoms with Crippen LogP contribution in [0.2, 0.25) is 0 Å². The van der Waals surface area contributed by atoms with Crippen molar-refractivity contribution >= 4 is 5.88 Å². The van der Waals surface area contributed by atoms with Crippen LogP contribution in [0.25, 0.3) is 0 Å². The molecule has 1 aliphatic rings. The number of anilines is 1. The van der Waals surface area contributed by atoms with Gasteiger partial charge in [0.25, 0.3) is 0 Å². The van der Waals surface area contributed by atoms with Gasteiger partial charge in [-0.2, -0.15) is 5.26 Å². The lowest BCUT2D eigenvalue weighted by atomic mass is 10.2. The Balaban J connectivity index is 1.74. The minimum absolute atomic E-state index is 0.138. The van der Waals surface area contributed by atoms with Crippen molar-refractivity contribution in [1.29, 1.82) is 5.26 Å². The van der Waals surface area contributed by atoms with Crippen molar-refractivity contribution in [2.24, 2.45) is 0 Å². The van der Waals surface area contributed by atoms with Crippen LogP contribution in [0.1, 0.15) is 36.2 Å². The first-order chi connectivity index (χ1) is 10.3. The number of nitrogens with zero attached hydrogens (tertiary/aromatic N) is 3. The molecule has 1 aliphatic heterocycles. The zero-order valence-corrected chi connectivity index (χ0v) is 12.0. The molecule has 1 fully saturated rings. The maximum atomic E-state index is 9.05. The number of hydrogen-bond acceptors (Lipinski definition) is 6. The van der Waals surface area contributed by atoms with Crippen LogP contribution in [0, 0.1) is 18.3 Å². The zero-order chi connectivity index (χ0) is 14.7. The van der Waals surface area contributed by atoms with Gasteiger partial charge in [-0.3, -0.25) is 4.90 Å². The Morgan fingerprint density at radius 3 is 2.95 bits per heavy atom. The van der Waals surface area contributed by atoms with Crippen molar-refractivity contribution in [1.82, 2.24) is 9.88 Å². The molecule has 2 aromatic rings. The van der Waals surface area contributed by atoms with Crippen LogP contribution in [0.15, 0.2) is 27.2 Å². The number of aryl methyl sites for hydroxylation is 1. The van der Waals surface area contributed by atoms with Crippen molar-refractivity contribution in [2.45, 2.75) is 25.8 Å². The largest absolute Gasteiger partial charge is 0.468 e. The van der Waals surface area contributed by atoms with E-state index in [1.807, 2.05) is 18.2 Å². The van der Waals surface area contributed by atoms with Gasteiger partial charge in [-0.1, -0.05) is 0 Å². The summed E-state index contributed by atoms with van der Waals surface area (Å²) in [4.78, 5) is 6.43. The molecule has 1 saturated heterocycles.